The minimum Gasteiger partial charge on any atom is -0.396 e. The fourth-order valence-corrected chi connectivity index (χ4v) is 1.22. The van der Waals surface area contributed by atoms with Gasteiger partial charge in [-0.15, -0.1) is 0 Å². The van der Waals surface area contributed by atoms with Crippen LogP contribution >= 0.6 is 0 Å². The maximum Gasteiger partial charge on any atom is 0.249 e. The zero-order valence-corrected chi connectivity index (χ0v) is 11.8. The summed E-state index contributed by atoms with van der Waals surface area (Å²) >= 11 is 0. The molecule has 0 saturated heterocycles. The van der Waals surface area contributed by atoms with Crippen molar-refractivity contribution in [2.24, 2.45) is 5.41 Å². The van der Waals surface area contributed by atoms with E-state index in [0.29, 0.717) is 0 Å². The molecule has 0 fully saturated rings. The molecule has 0 aromatic heterocycles. The first-order valence-corrected chi connectivity index (χ1v) is 6.37. The molecule has 0 aliphatic rings. The highest BCUT2D eigenvalue weighted by atomic mass is 16.3. The van der Waals surface area contributed by atoms with Crippen LogP contribution in [0.25, 0.3) is 0 Å². The molecule has 0 saturated carbocycles. The molecule has 0 bridgehead atoms. The summed E-state index contributed by atoms with van der Waals surface area (Å²) in [5.41, 5.74) is -0.961. The second kappa shape index (κ2) is 8.85. The van der Waals surface area contributed by atoms with Crippen molar-refractivity contribution in [2.45, 2.75) is 32.5 Å². The molecule has 6 N–H and O–H groups in total. The van der Waals surface area contributed by atoms with Crippen molar-refractivity contribution in [3.63, 3.8) is 0 Å². The van der Waals surface area contributed by atoms with Crippen molar-refractivity contribution in [1.82, 2.24) is 10.6 Å². The first-order chi connectivity index (χ1) is 9.24. The zero-order valence-electron chi connectivity index (χ0n) is 11.8. The van der Waals surface area contributed by atoms with Gasteiger partial charge in [0.25, 0.3) is 0 Å². The largest absolute Gasteiger partial charge is 0.396 e. The SMILES string of the molecule is CC(C)(CO)[C@@H](O)C(=O)NCCC(=O)NCC(O)CO. The number of aliphatic hydroxyl groups excluding tert-OH is 4. The lowest BCUT2D eigenvalue weighted by molar-refractivity contribution is -0.137. The summed E-state index contributed by atoms with van der Waals surface area (Å²) in [6, 6.07) is 0. The predicted octanol–water partition coefficient (Wildman–Crippen LogP) is -2.66. The van der Waals surface area contributed by atoms with Crippen LogP contribution in [-0.4, -0.2) is 70.8 Å². The standard InChI is InChI=1S/C12H24N2O6/c1-12(2,7-16)10(19)11(20)13-4-3-9(18)14-5-8(17)6-15/h8,10,15-17,19H,3-7H2,1-2H3,(H,13,20)(H,14,18)/t8?,10-/m0/s1. The van der Waals surface area contributed by atoms with E-state index in [-0.39, 0.29) is 26.1 Å². The van der Waals surface area contributed by atoms with E-state index >= 15 is 0 Å². The Bertz CT molecular complexity index is 321. The van der Waals surface area contributed by atoms with Gasteiger partial charge in [0.05, 0.1) is 19.3 Å². The van der Waals surface area contributed by atoms with Crippen LogP contribution in [0, 0.1) is 5.41 Å². The summed E-state index contributed by atoms with van der Waals surface area (Å²) < 4.78 is 0. The monoisotopic (exact) mass is 292 g/mol. The fourth-order valence-electron chi connectivity index (χ4n) is 1.22. The van der Waals surface area contributed by atoms with Crippen LogP contribution in [-0.2, 0) is 9.59 Å². The number of carbonyl (C=O) groups is 2. The van der Waals surface area contributed by atoms with Crippen LogP contribution in [0.4, 0.5) is 0 Å². The highest BCUT2D eigenvalue weighted by molar-refractivity contribution is 5.82. The number of hydrogen-bond acceptors (Lipinski definition) is 6. The van der Waals surface area contributed by atoms with Gasteiger partial charge in [-0.2, -0.15) is 0 Å². The molecular weight excluding hydrogens is 268 g/mol. The van der Waals surface area contributed by atoms with Crippen molar-refractivity contribution in [3.05, 3.63) is 0 Å². The van der Waals surface area contributed by atoms with E-state index in [9.17, 15) is 14.7 Å². The lowest BCUT2D eigenvalue weighted by Gasteiger charge is -2.27. The molecule has 8 heteroatoms. The molecule has 0 aliphatic heterocycles. The van der Waals surface area contributed by atoms with E-state index in [1.807, 2.05) is 0 Å². The van der Waals surface area contributed by atoms with Gasteiger partial charge in [0.2, 0.25) is 11.8 Å². The van der Waals surface area contributed by atoms with Crippen molar-refractivity contribution >= 4 is 11.8 Å². The van der Waals surface area contributed by atoms with Gasteiger partial charge < -0.3 is 31.1 Å². The summed E-state index contributed by atoms with van der Waals surface area (Å²) in [5.74, 6) is -1.05. The molecule has 2 amide bonds. The molecule has 0 aliphatic carbocycles. The van der Waals surface area contributed by atoms with Gasteiger partial charge in [0, 0.05) is 24.9 Å². The van der Waals surface area contributed by atoms with E-state index in [2.05, 4.69) is 10.6 Å². The van der Waals surface area contributed by atoms with Gasteiger partial charge in [-0.3, -0.25) is 9.59 Å². The molecule has 0 aromatic rings. The zero-order chi connectivity index (χ0) is 15.8. The van der Waals surface area contributed by atoms with Crippen LogP contribution in [0.3, 0.4) is 0 Å². The number of rotatable bonds is 9. The second-order valence-corrected chi connectivity index (χ2v) is 5.23. The molecule has 8 nitrogen and oxygen atoms in total. The maximum atomic E-state index is 11.6. The third kappa shape index (κ3) is 6.80. The van der Waals surface area contributed by atoms with Gasteiger partial charge in [0.1, 0.15) is 6.10 Å². The summed E-state index contributed by atoms with van der Waals surface area (Å²) in [4.78, 5) is 22.9. The molecule has 0 rings (SSSR count). The number of carbonyl (C=O) groups excluding carboxylic acids is 2. The Balaban J connectivity index is 3.95. The quantitative estimate of drug-likeness (QED) is 0.274. The molecule has 0 aromatic carbocycles. The number of aliphatic hydroxyl groups is 4. The van der Waals surface area contributed by atoms with Crippen LogP contribution in [0.5, 0.6) is 0 Å². The molecule has 1 unspecified atom stereocenters. The lowest BCUT2D eigenvalue weighted by atomic mass is 9.87. The van der Waals surface area contributed by atoms with Crippen LogP contribution < -0.4 is 10.6 Å². The third-order valence-corrected chi connectivity index (χ3v) is 2.79. The fraction of sp³-hybridized carbons (Fsp3) is 0.833. The van der Waals surface area contributed by atoms with E-state index < -0.39 is 36.0 Å². The Kier molecular flexibility index (Phi) is 8.31. The topological polar surface area (TPSA) is 139 Å². The average Bonchev–Trinajstić information content (AvgIpc) is 2.43. The van der Waals surface area contributed by atoms with Crippen molar-refractivity contribution in [1.29, 1.82) is 0 Å². The Labute approximate surface area is 117 Å². The van der Waals surface area contributed by atoms with E-state index in [4.69, 9.17) is 15.3 Å². The van der Waals surface area contributed by atoms with Gasteiger partial charge in [-0.05, 0) is 0 Å². The summed E-state index contributed by atoms with van der Waals surface area (Å²) in [6.07, 6.45) is -2.40. The number of nitrogens with one attached hydrogen (secondary N) is 2. The molecule has 0 spiro atoms. The Morgan fingerprint density at radius 3 is 2.25 bits per heavy atom. The normalized spacial score (nSPS) is 14.5. The third-order valence-electron chi connectivity index (χ3n) is 2.79. The molecule has 2 atom stereocenters. The Morgan fingerprint density at radius 1 is 1.15 bits per heavy atom. The van der Waals surface area contributed by atoms with Crippen molar-refractivity contribution in [3.8, 4) is 0 Å². The second-order valence-electron chi connectivity index (χ2n) is 5.23. The predicted molar refractivity (Wildman–Crippen MR) is 70.6 cm³/mol. The van der Waals surface area contributed by atoms with E-state index in [0.717, 1.165) is 0 Å². The highest BCUT2D eigenvalue weighted by Gasteiger charge is 2.32. The smallest absolute Gasteiger partial charge is 0.249 e. The molecule has 0 heterocycles. The van der Waals surface area contributed by atoms with Crippen LogP contribution in [0.2, 0.25) is 0 Å². The van der Waals surface area contributed by atoms with Crippen molar-refractivity contribution < 1.29 is 30.0 Å². The first kappa shape index (κ1) is 18.8. The lowest BCUT2D eigenvalue weighted by Crippen LogP contribution is -2.46. The minimum absolute atomic E-state index is 0.0177. The van der Waals surface area contributed by atoms with Crippen LogP contribution in [0.1, 0.15) is 20.3 Å². The Morgan fingerprint density at radius 2 is 1.75 bits per heavy atom. The number of amides is 2. The minimum atomic E-state index is -1.37. The molecular formula is C12H24N2O6. The summed E-state index contributed by atoms with van der Waals surface area (Å²) in [6.45, 7) is 2.25. The van der Waals surface area contributed by atoms with Gasteiger partial charge in [-0.25, -0.2) is 0 Å². The van der Waals surface area contributed by atoms with Gasteiger partial charge >= 0.3 is 0 Å². The maximum absolute atomic E-state index is 11.6. The molecule has 118 valence electrons. The highest BCUT2D eigenvalue weighted by Crippen LogP contribution is 2.19. The molecule has 20 heavy (non-hydrogen) atoms. The molecule has 0 radical (unpaired) electrons. The van der Waals surface area contributed by atoms with E-state index in [1.165, 1.54) is 0 Å². The Hall–Kier alpha value is -1.22. The average molecular weight is 292 g/mol. The van der Waals surface area contributed by atoms with Crippen molar-refractivity contribution in [2.75, 3.05) is 26.3 Å². The van der Waals surface area contributed by atoms with E-state index in [1.54, 1.807) is 13.8 Å². The summed E-state index contributed by atoms with van der Waals surface area (Å²) in [5, 5.41) is 41.0. The van der Waals surface area contributed by atoms with Crippen LogP contribution in [0.15, 0.2) is 0 Å². The van der Waals surface area contributed by atoms with Gasteiger partial charge in [0.15, 0.2) is 0 Å². The van der Waals surface area contributed by atoms with Gasteiger partial charge in [-0.1, -0.05) is 13.8 Å². The number of hydrogen-bond donors (Lipinski definition) is 6. The first-order valence-electron chi connectivity index (χ1n) is 6.37. The summed E-state index contributed by atoms with van der Waals surface area (Å²) in [7, 11) is 0.